The van der Waals surface area contributed by atoms with Crippen molar-refractivity contribution in [2.45, 2.75) is 26.3 Å². The fourth-order valence-corrected chi connectivity index (χ4v) is 2.90. The fourth-order valence-electron chi connectivity index (χ4n) is 2.10. The van der Waals surface area contributed by atoms with E-state index in [-0.39, 0.29) is 23.5 Å². The molecule has 0 atom stereocenters. The van der Waals surface area contributed by atoms with Crippen LogP contribution in [0.25, 0.3) is 11.0 Å². The minimum Gasteiger partial charge on any atom is -0.477 e. The SMILES string of the molecule is C#CCCCn1c(=O)c2c(C(=N)OCC)snc2n(C)c1=O. The van der Waals surface area contributed by atoms with Gasteiger partial charge in [-0.05, 0) is 24.9 Å². The van der Waals surface area contributed by atoms with Crippen molar-refractivity contribution in [3.05, 3.63) is 25.7 Å². The molecule has 0 fully saturated rings. The van der Waals surface area contributed by atoms with E-state index in [1.807, 2.05) is 0 Å². The van der Waals surface area contributed by atoms with Gasteiger partial charge in [0.25, 0.3) is 5.56 Å². The summed E-state index contributed by atoms with van der Waals surface area (Å²) in [7, 11) is 1.55. The number of terminal acetylenes is 1. The average Bonchev–Trinajstić information content (AvgIpc) is 2.94. The lowest BCUT2D eigenvalue weighted by Crippen LogP contribution is -2.39. The molecule has 0 unspecified atom stereocenters. The molecule has 2 aromatic heterocycles. The van der Waals surface area contributed by atoms with Crippen LogP contribution in [0.4, 0.5) is 0 Å². The van der Waals surface area contributed by atoms with Gasteiger partial charge >= 0.3 is 5.69 Å². The lowest BCUT2D eigenvalue weighted by molar-refractivity contribution is 0.327. The zero-order chi connectivity index (χ0) is 16.3. The number of aryl methyl sites for hydroxylation is 1. The van der Waals surface area contributed by atoms with Crippen LogP contribution in [0.2, 0.25) is 0 Å². The summed E-state index contributed by atoms with van der Waals surface area (Å²) in [5.74, 6) is 2.37. The molecule has 0 radical (unpaired) electrons. The van der Waals surface area contributed by atoms with E-state index < -0.39 is 11.2 Å². The summed E-state index contributed by atoms with van der Waals surface area (Å²) in [4.78, 5) is 25.2. The first kappa shape index (κ1) is 16.0. The Morgan fingerprint density at radius 1 is 1.50 bits per heavy atom. The molecule has 7 nitrogen and oxygen atoms in total. The lowest BCUT2D eigenvalue weighted by Gasteiger charge is -2.08. The molecule has 0 aliphatic heterocycles. The van der Waals surface area contributed by atoms with E-state index in [0.717, 1.165) is 16.1 Å². The van der Waals surface area contributed by atoms with Crippen molar-refractivity contribution in [3.63, 3.8) is 0 Å². The second kappa shape index (κ2) is 6.58. The Kier molecular flexibility index (Phi) is 4.78. The summed E-state index contributed by atoms with van der Waals surface area (Å²) < 4.78 is 11.7. The van der Waals surface area contributed by atoms with E-state index in [4.69, 9.17) is 16.6 Å². The van der Waals surface area contributed by atoms with E-state index in [9.17, 15) is 9.59 Å². The predicted molar refractivity (Wildman–Crippen MR) is 85.6 cm³/mol. The second-order valence-electron chi connectivity index (χ2n) is 4.58. The van der Waals surface area contributed by atoms with Crippen LogP contribution in [0.5, 0.6) is 0 Å². The van der Waals surface area contributed by atoms with E-state index in [1.165, 1.54) is 4.57 Å². The molecule has 0 bridgehead atoms. The summed E-state index contributed by atoms with van der Waals surface area (Å²) >= 11 is 0.980. The quantitative estimate of drug-likeness (QED) is 0.384. The van der Waals surface area contributed by atoms with Gasteiger partial charge in [-0.25, -0.2) is 4.79 Å². The number of ether oxygens (including phenoxy) is 1. The van der Waals surface area contributed by atoms with Crippen LogP contribution in [0.15, 0.2) is 9.59 Å². The van der Waals surface area contributed by atoms with Gasteiger partial charge < -0.3 is 4.74 Å². The van der Waals surface area contributed by atoms with Gasteiger partial charge in [0.05, 0.1) is 6.61 Å². The van der Waals surface area contributed by atoms with Gasteiger partial charge in [-0.1, -0.05) is 0 Å². The van der Waals surface area contributed by atoms with Crippen molar-refractivity contribution >= 4 is 28.5 Å². The smallest absolute Gasteiger partial charge is 0.332 e. The molecule has 0 saturated carbocycles. The van der Waals surface area contributed by atoms with E-state index in [0.29, 0.717) is 24.3 Å². The Hall–Kier alpha value is -2.40. The molecule has 0 aromatic carbocycles. The Bertz CT molecular complexity index is 869. The molecule has 0 saturated heterocycles. The molecule has 8 heteroatoms. The van der Waals surface area contributed by atoms with Crippen molar-refractivity contribution in [1.82, 2.24) is 13.5 Å². The van der Waals surface area contributed by atoms with Crippen LogP contribution in [0.3, 0.4) is 0 Å². The maximum Gasteiger partial charge on any atom is 0.332 e. The third-order valence-corrected chi connectivity index (χ3v) is 4.00. The molecule has 1 N–H and O–H groups in total. The summed E-state index contributed by atoms with van der Waals surface area (Å²) in [5, 5.41) is 8.12. The molecular weight excluding hydrogens is 304 g/mol. The highest BCUT2D eigenvalue weighted by molar-refractivity contribution is 7.09. The van der Waals surface area contributed by atoms with Crippen LogP contribution < -0.4 is 11.2 Å². The van der Waals surface area contributed by atoms with Gasteiger partial charge in [0.2, 0.25) is 5.90 Å². The largest absolute Gasteiger partial charge is 0.477 e. The third-order valence-electron chi connectivity index (χ3n) is 3.17. The molecule has 116 valence electrons. The fraction of sp³-hybridized carbons (Fsp3) is 0.429. The van der Waals surface area contributed by atoms with Crippen LogP contribution in [-0.2, 0) is 18.3 Å². The maximum absolute atomic E-state index is 12.6. The number of hydrogen-bond acceptors (Lipinski definition) is 6. The Balaban J connectivity index is 2.66. The van der Waals surface area contributed by atoms with E-state index >= 15 is 0 Å². The lowest BCUT2D eigenvalue weighted by atomic mass is 10.3. The number of fused-ring (bicyclic) bond motifs is 1. The molecule has 0 aliphatic rings. The number of nitrogens with one attached hydrogen (secondary N) is 1. The summed E-state index contributed by atoms with van der Waals surface area (Å²) in [6.45, 7) is 2.31. The van der Waals surface area contributed by atoms with Crippen LogP contribution in [-0.4, -0.2) is 26.0 Å². The molecule has 2 rings (SSSR count). The molecule has 0 aliphatic carbocycles. The van der Waals surface area contributed by atoms with Gasteiger partial charge in [0, 0.05) is 20.0 Å². The van der Waals surface area contributed by atoms with Crippen molar-refractivity contribution in [3.8, 4) is 12.3 Å². The summed E-state index contributed by atoms with van der Waals surface area (Å²) in [6.07, 6.45) is 6.21. The Morgan fingerprint density at radius 3 is 2.86 bits per heavy atom. The molecular formula is C14H16N4O3S. The number of rotatable bonds is 5. The van der Waals surface area contributed by atoms with E-state index in [2.05, 4.69) is 10.3 Å². The monoisotopic (exact) mass is 320 g/mol. The summed E-state index contributed by atoms with van der Waals surface area (Å²) in [6, 6.07) is 0. The second-order valence-corrected chi connectivity index (χ2v) is 5.35. The molecule has 0 amide bonds. The Labute approximate surface area is 130 Å². The first-order chi connectivity index (χ1) is 10.5. The minimum atomic E-state index is -0.455. The highest BCUT2D eigenvalue weighted by Gasteiger charge is 2.20. The maximum atomic E-state index is 12.6. The van der Waals surface area contributed by atoms with Crippen molar-refractivity contribution < 1.29 is 4.74 Å². The van der Waals surface area contributed by atoms with Gasteiger partial charge in [0.1, 0.15) is 10.3 Å². The van der Waals surface area contributed by atoms with Gasteiger partial charge in [-0.3, -0.25) is 19.3 Å². The van der Waals surface area contributed by atoms with E-state index in [1.54, 1.807) is 14.0 Å². The number of nitrogens with zero attached hydrogens (tertiary/aromatic N) is 3. The third kappa shape index (κ3) is 2.67. The number of aromatic nitrogens is 3. The molecule has 2 heterocycles. The standard InChI is InChI=1S/C14H16N4O3S/c1-4-6-7-8-18-13(19)9-10(11(15)21-5-2)22-16-12(9)17(3)14(18)20/h1,15H,5-8H2,2-3H3. The average molecular weight is 320 g/mol. The van der Waals surface area contributed by atoms with Gasteiger partial charge in [-0.2, -0.15) is 4.37 Å². The first-order valence-corrected chi connectivity index (χ1v) is 7.54. The summed E-state index contributed by atoms with van der Waals surface area (Å²) in [5.41, 5.74) is -0.620. The zero-order valence-electron chi connectivity index (χ0n) is 12.4. The molecule has 22 heavy (non-hydrogen) atoms. The van der Waals surface area contributed by atoms with Gasteiger partial charge in [0.15, 0.2) is 5.65 Å². The highest BCUT2D eigenvalue weighted by Crippen LogP contribution is 2.18. The highest BCUT2D eigenvalue weighted by atomic mass is 32.1. The number of unbranched alkanes of at least 4 members (excludes halogenated alkanes) is 1. The van der Waals surface area contributed by atoms with Crippen molar-refractivity contribution in [2.75, 3.05) is 6.61 Å². The van der Waals surface area contributed by atoms with Crippen molar-refractivity contribution in [1.29, 1.82) is 5.41 Å². The Morgan fingerprint density at radius 2 is 2.23 bits per heavy atom. The topological polar surface area (TPSA) is 90.0 Å². The number of hydrogen-bond donors (Lipinski definition) is 1. The predicted octanol–water partition coefficient (Wildman–Crippen LogP) is 0.932. The van der Waals surface area contributed by atoms with Crippen molar-refractivity contribution in [2.24, 2.45) is 7.05 Å². The van der Waals surface area contributed by atoms with Crippen LogP contribution in [0, 0.1) is 17.8 Å². The zero-order valence-corrected chi connectivity index (χ0v) is 13.2. The van der Waals surface area contributed by atoms with Crippen LogP contribution >= 0.6 is 11.5 Å². The van der Waals surface area contributed by atoms with Crippen LogP contribution in [0.1, 0.15) is 24.6 Å². The molecule has 2 aromatic rings. The van der Waals surface area contributed by atoms with Gasteiger partial charge in [-0.15, -0.1) is 12.3 Å². The first-order valence-electron chi connectivity index (χ1n) is 6.77. The normalized spacial score (nSPS) is 10.6. The minimum absolute atomic E-state index is 0.110. The molecule has 0 spiro atoms.